The minimum atomic E-state index is -0.165. The van der Waals surface area contributed by atoms with Crippen molar-refractivity contribution in [2.45, 2.75) is 26.7 Å². The van der Waals surface area contributed by atoms with Crippen molar-refractivity contribution < 1.29 is 14.3 Å². The van der Waals surface area contributed by atoms with Crippen LogP contribution in [-0.4, -0.2) is 31.2 Å². The fourth-order valence-corrected chi connectivity index (χ4v) is 3.26. The number of pyridine rings is 1. The molecule has 0 spiro atoms. The summed E-state index contributed by atoms with van der Waals surface area (Å²) in [6, 6.07) is 13.2. The van der Waals surface area contributed by atoms with Gasteiger partial charge in [0.05, 0.1) is 25.7 Å². The van der Waals surface area contributed by atoms with Gasteiger partial charge >= 0.3 is 0 Å². The van der Waals surface area contributed by atoms with E-state index in [1.54, 1.807) is 7.11 Å². The first-order valence-corrected chi connectivity index (χ1v) is 9.69. The second-order valence-corrected chi connectivity index (χ2v) is 6.85. The van der Waals surface area contributed by atoms with Crippen molar-refractivity contribution in [3.8, 4) is 11.5 Å². The Hall–Kier alpha value is -3.28. The Morgan fingerprint density at radius 3 is 2.59 bits per heavy atom. The molecule has 152 valence electrons. The number of carbonyl (C=O) groups excluding carboxylic acids is 1. The maximum absolute atomic E-state index is 12.4. The van der Waals surface area contributed by atoms with Gasteiger partial charge in [-0.1, -0.05) is 18.2 Å². The fourth-order valence-electron chi connectivity index (χ4n) is 3.26. The summed E-state index contributed by atoms with van der Waals surface area (Å²) in [5.41, 5.74) is 3.13. The number of carbonyl (C=O) groups is 1. The quantitative estimate of drug-likeness (QED) is 0.615. The predicted octanol–water partition coefficient (Wildman–Crippen LogP) is 3.15. The van der Waals surface area contributed by atoms with E-state index in [0.29, 0.717) is 36.4 Å². The molecule has 6 heteroatoms. The van der Waals surface area contributed by atoms with Gasteiger partial charge in [0.1, 0.15) is 11.5 Å². The number of ether oxygens (including phenoxy) is 2. The number of rotatable bonds is 8. The number of benzene rings is 2. The predicted molar refractivity (Wildman–Crippen MR) is 114 cm³/mol. The highest BCUT2D eigenvalue weighted by molar-refractivity contribution is 5.87. The molecule has 0 unspecified atom stereocenters. The van der Waals surface area contributed by atoms with Crippen LogP contribution in [0.5, 0.6) is 11.5 Å². The van der Waals surface area contributed by atoms with Crippen molar-refractivity contribution in [2.75, 3.05) is 20.3 Å². The molecule has 3 rings (SSSR count). The molecule has 2 aromatic carbocycles. The number of aromatic amines is 1. The minimum Gasteiger partial charge on any atom is -0.495 e. The molecule has 0 saturated carbocycles. The second kappa shape index (κ2) is 9.28. The maximum Gasteiger partial charge on any atom is 0.251 e. The number of aryl methyl sites for hydroxylation is 1. The Balaban J connectivity index is 1.62. The van der Waals surface area contributed by atoms with Crippen LogP contribution in [0.2, 0.25) is 0 Å². The Morgan fingerprint density at radius 2 is 1.90 bits per heavy atom. The number of H-pyrrole nitrogens is 1. The number of nitrogens with one attached hydrogen (secondary N) is 2. The molecule has 0 radical (unpaired) electrons. The Bertz CT molecular complexity index is 1050. The lowest BCUT2D eigenvalue weighted by Gasteiger charge is -2.10. The topological polar surface area (TPSA) is 80.4 Å². The normalized spacial score (nSPS) is 10.7. The highest BCUT2D eigenvalue weighted by Gasteiger charge is 2.10. The van der Waals surface area contributed by atoms with Crippen molar-refractivity contribution in [2.24, 2.45) is 0 Å². The van der Waals surface area contributed by atoms with Crippen LogP contribution in [0.15, 0.2) is 47.3 Å². The summed E-state index contributed by atoms with van der Waals surface area (Å²) in [5, 5.41) is 3.83. The van der Waals surface area contributed by atoms with Gasteiger partial charge in [0, 0.05) is 17.5 Å². The summed E-state index contributed by atoms with van der Waals surface area (Å²) in [4.78, 5) is 27.5. The van der Waals surface area contributed by atoms with Gasteiger partial charge in [-0.05, 0) is 55.7 Å². The van der Waals surface area contributed by atoms with Crippen LogP contribution in [-0.2, 0) is 17.6 Å². The number of aromatic nitrogens is 1. The molecule has 0 aliphatic rings. The molecule has 6 nitrogen and oxygen atoms in total. The zero-order valence-electron chi connectivity index (χ0n) is 17.0. The van der Waals surface area contributed by atoms with Crippen LogP contribution < -0.4 is 20.3 Å². The molecule has 29 heavy (non-hydrogen) atoms. The Morgan fingerprint density at radius 1 is 1.14 bits per heavy atom. The molecule has 1 heterocycles. The summed E-state index contributed by atoms with van der Waals surface area (Å²) in [7, 11) is 1.58. The van der Waals surface area contributed by atoms with E-state index < -0.39 is 0 Å². The SMILES string of the molecule is CCOc1ccc(CC(=O)NCCc2cc3c(C)ccc(OC)c3[nH]c2=O)cc1. The second-order valence-electron chi connectivity index (χ2n) is 6.85. The van der Waals surface area contributed by atoms with Crippen molar-refractivity contribution in [1.82, 2.24) is 10.3 Å². The van der Waals surface area contributed by atoms with E-state index in [-0.39, 0.29) is 17.9 Å². The number of amides is 1. The van der Waals surface area contributed by atoms with Gasteiger partial charge in [-0.25, -0.2) is 0 Å². The average Bonchev–Trinajstić information content (AvgIpc) is 2.71. The smallest absolute Gasteiger partial charge is 0.251 e. The average molecular weight is 394 g/mol. The van der Waals surface area contributed by atoms with Gasteiger partial charge in [0.2, 0.25) is 5.91 Å². The van der Waals surface area contributed by atoms with Crippen molar-refractivity contribution in [3.63, 3.8) is 0 Å². The monoisotopic (exact) mass is 394 g/mol. The maximum atomic E-state index is 12.4. The van der Waals surface area contributed by atoms with Gasteiger partial charge in [-0.15, -0.1) is 0 Å². The van der Waals surface area contributed by atoms with Crippen molar-refractivity contribution >= 4 is 16.8 Å². The number of fused-ring (bicyclic) bond motifs is 1. The third-order valence-corrected chi connectivity index (χ3v) is 4.81. The lowest BCUT2D eigenvalue weighted by Crippen LogP contribution is -2.28. The van der Waals surface area contributed by atoms with Crippen LogP contribution in [0.3, 0.4) is 0 Å². The lowest BCUT2D eigenvalue weighted by molar-refractivity contribution is -0.120. The minimum absolute atomic E-state index is 0.0794. The molecule has 0 atom stereocenters. The molecule has 0 fully saturated rings. The molecule has 1 amide bonds. The van der Waals surface area contributed by atoms with Gasteiger partial charge in [-0.3, -0.25) is 9.59 Å². The van der Waals surface area contributed by atoms with Crippen molar-refractivity contribution in [1.29, 1.82) is 0 Å². The first kappa shape index (κ1) is 20.5. The molecule has 0 saturated heterocycles. The Labute approximate surface area is 169 Å². The number of hydrogen-bond acceptors (Lipinski definition) is 4. The van der Waals surface area contributed by atoms with E-state index in [1.165, 1.54) is 0 Å². The van der Waals surface area contributed by atoms with Crippen LogP contribution in [0, 0.1) is 6.92 Å². The molecular formula is C23H26N2O4. The van der Waals surface area contributed by atoms with Crippen LogP contribution in [0.1, 0.15) is 23.6 Å². The molecule has 0 aliphatic carbocycles. The number of methoxy groups -OCH3 is 1. The van der Waals surface area contributed by atoms with E-state index in [0.717, 1.165) is 22.3 Å². The zero-order valence-corrected chi connectivity index (χ0v) is 17.0. The molecular weight excluding hydrogens is 368 g/mol. The summed E-state index contributed by atoms with van der Waals surface area (Å²) in [6.07, 6.45) is 0.744. The van der Waals surface area contributed by atoms with E-state index in [9.17, 15) is 9.59 Å². The van der Waals surface area contributed by atoms with E-state index >= 15 is 0 Å². The molecule has 2 N–H and O–H groups in total. The first-order chi connectivity index (χ1) is 14.0. The van der Waals surface area contributed by atoms with Crippen molar-refractivity contribution in [3.05, 3.63) is 69.5 Å². The standard InChI is InChI=1S/C23H26N2O4/c1-4-29-18-8-6-16(7-9-18)13-21(26)24-12-11-17-14-19-15(2)5-10-20(28-3)22(19)25-23(17)27/h5-10,14H,4,11-13H2,1-3H3,(H,24,26)(H,25,27). The largest absolute Gasteiger partial charge is 0.495 e. The molecule has 0 bridgehead atoms. The summed E-state index contributed by atoms with van der Waals surface area (Å²) in [6.45, 7) is 4.93. The number of hydrogen-bond donors (Lipinski definition) is 2. The van der Waals surface area contributed by atoms with Crippen LogP contribution >= 0.6 is 0 Å². The summed E-state index contributed by atoms with van der Waals surface area (Å²) in [5.74, 6) is 1.35. The lowest BCUT2D eigenvalue weighted by atomic mass is 10.1. The highest BCUT2D eigenvalue weighted by Crippen LogP contribution is 2.25. The molecule has 0 aliphatic heterocycles. The van der Waals surface area contributed by atoms with Crippen LogP contribution in [0.4, 0.5) is 0 Å². The third kappa shape index (κ3) is 4.96. The summed E-state index contributed by atoms with van der Waals surface area (Å²) >= 11 is 0. The third-order valence-electron chi connectivity index (χ3n) is 4.81. The van der Waals surface area contributed by atoms with E-state index in [2.05, 4.69) is 10.3 Å². The Kier molecular flexibility index (Phi) is 6.54. The highest BCUT2D eigenvalue weighted by atomic mass is 16.5. The molecule has 1 aromatic heterocycles. The van der Waals surface area contributed by atoms with Gasteiger partial charge in [0.15, 0.2) is 0 Å². The van der Waals surface area contributed by atoms with Crippen LogP contribution in [0.25, 0.3) is 10.9 Å². The first-order valence-electron chi connectivity index (χ1n) is 9.69. The van der Waals surface area contributed by atoms with Gasteiger partial charge in [0.25, 0.3) is 5.56 Å². The molecule has 3 aromatic rings. The van der Waals surface area contributed by atoms with Gasteiger partial charge < -0.3 is 19.8 Å². The van der Waals surface area contributed by atoms with E-state index in [1.807, 2.05) is 56.3 Å². The summed E-state index contributed by atoms with van der Waals surface area (Å²) < 4.78 is 10.7. The zero-order chi connectivity index (χ0) is 20.8. The fraction of sp³-hybridized carbons (Fsp3) is 0.304. The van der Waals surface area contributed by atoms with E-state index in [4.69, 9.17) is 9.47 Å². The van der Waals surface area contributed by atoms with Gasteiger partial charge in [-0.2, -0.15) is 0 Å².